The highest BCUT2D eigenvalue weighted by Crippen LogP contribution is 2.20. The van der Waals surface area contributed by atoms with Crippen molar-refractivity contribution in [3.63, 3.8) is 0 Å². The molecule has 2 N–H and O–H groups in total. The van der Waals surface area contributed by atoms with Gasteiger partial charge in [0.25, 0.3) is 11.8 Å². The van der Waals surface area contributed by atoms with Gasteiger partial charge < -0.3 is 15.4 Å². The van der Waals surface area contributed by atoms with Crippen LogP contribution in [0.2, 0.25) is 0 Å². The number of amides is 2. The van der Waals surface area contributed by atoms with Crippen LogP contribution in [0.5, 0.6) is 0 Å². The summed E-state index contributed by atoms with van der Waals surface area (Å²) < 4.78 is 19.3. The summed E-state index contributed by atoms with van der Waals surface area (Å²) >= 11 is 6.75. The lowest BCUT2D eigenvalue weighted by atomic mass is 10.2. The summed E-state index contributed by atoms with van der Waals surface area (Å²) in [5, 5.41) is 3.99. The zero-order chi connectivity index (χ0) is 20.0. The third-order valence-corrected chi connectivity index (χ3v) is 4.92. The number of benzene rings is 2. The largest absolute Gasteiger partial charge is 0.379 e. The summed E-state index contributed by atoms with van der Waals surface area (Å²) in [7, 11) is 0. The maximum Gasteiger partial charge on any atom is 0.256 e. The summed E-state index contributed by atoms with van der Waals surface area (Å²) in [6, 6.07) is 14.3. The molecule has 0 spiro atoms. The van der Waals surface area contributed by atoms with E-state index in [4.69, 9.17) is 16.3 Å². The highest BCUT2D eigenvalue weighted by Gasteiger charge is 2.38. The molecule has 1 heterocycles. The average molecular weight is 406 g/mol. The van der Waals surface area contributed by atoms with E-state index in [2.05, 4.69) is 10.6 Å². The Morgan fingerprint density at radius 2 is 1.68 bits per heavy atom. The van der Waals surface area contributed by atoms with Gasteiger partial charge in [-0.05, 0) is 24.3 Å². The molecule has 2 amide bonds. The van der Waals surface area contributed by atoms with Gasteiger partial charge in [-0.2, -0.15) is 0 Å². The van der Waals surface area contributed by atoms with Crippen molar-refractivity contribution in [2.24, 2.45) is 0 Å². The van der Waals surface area contributed by atoms with Crippen molar-refractivity contribution >= 4 is 23.4 Å². The summed E-state index contributed by atoms with van der Waals surface area (Å²) in [5.41, 5.74) is 0.360. The van der Waals surface area contributed by atoms with Crippen molar-refractivity contribution < 1.29 is 18.7 Å². The van der Waals surface area contributed by atoms with Gasteiger partial charge in [0.05, 0.1) is 25.3 Å². The molecule has 0 saturated carbocycles. The van der Waals surface area contributed by atoms with E-state index in [9.17, 15) is 14.0 Å². The number of morpholine rings is 1. The van der Waals surface area contributed by atoms with Gasteiger partial charge in [-0.25, -0.2) is 4.39 Å². The molecule has 1 saturated heterocycles. The fraction of sp³-hybridized carbons (Fsp3) is 0.300. The lowest BCUT2D eigenvalue weighted by molar-refractivity contribution is -0.00346. The number of nitrogens with zero attached hydrogens (tertiary/aromatic N) is 1. The SMILES string of the molecule is O=C(NCC(Cl)(NC(=O)c1ccccc1F)N1CCOCC1)c1ccccc1. The van der Waals surface area contributed by atoms with Crippen LogP contribution in [0, 0.1) is 5.82 Å². The molecule has 1 aliphatic heterocycles. The van der Waals surface area contributed by atoms with Crippen molar-refractivity contribution in [3.8, 4) is 0 Å². The number of carbonyl (C=O) groups excluding carboxylic acids is 2. The molecule has 148 valence electrons. The van der Waals surface area contributed by atoms with E-state index in [-0.39, 0.29) is 18.0 Å². The number of rotatable bonds is 6. The van der Waals surface area contributed by atoms with Gasteiger partial charge in [0, 0.05) is 18.7 Å². The molecule has 1 aliphatic rings. The van der Waals surface area contributed by atoms with Crippen molar-refractivity contribution in [1.29, 1.82) is 0 Å². The summed E-state index contributed by atoms with van der Waals surface area (Å²) in [6.07, 6.45) is 0. The van der Waals surface area contributed by atoms with Crippen LogP contribution in [0.25, 0.3) is 0 Å². The Balaban J connectivity index is 1.76. The fourth-order valence-corrected chi connectivity index (χ4v) is 3.25. The Kier molecular flexibility index (Phi) is 6.61. The van der Waals surface area contributed by atoms with Crippen molar-refractivity contribution in [3.05, 3.63) is 71.5 Å². The Labute approximate surface area is 167 Å². The van der Waals surface area contributed by atoms with E-state index in [1.54, 1.807) is 35.2 Å². The lowest BCUT2D eigenvalue weighted by Gasteiger charge is -2.41. The molecule has 0 radical (unpaired) electrons. The van der Waals surface area contributed by atoms with E-state index in [1.165, 1.54) is 18.2 Å². The zero-order valence-corrected chi connectivity index (χ0v) is 15.9. The molecular formula is C20H21ClFN3O3. The number of alkyl halides is 1. The van der Waals surface area contributed by atoms with Crippen LogP contribution in [0.15, 0.2) is 54.6 Å². The number of hydrogen-bond acceptors (Lipinski definition) is 4. The van der Waals surface area contributed by atoms with Crippen molar-refractivity contribution in [2.45, 2.75) is 5.12 Å². The number of halogens is 2. The number of nitrogens with one attached hydrogen (secondary N) is 2. The molecule has 1 atom stereocenters. The normalized spacial score (nSPS) is 16.8. The molecule has 2 aromatic carbocycles. The van der Waals surface area contributed by atoms with Gasteiger partial charge in [-0.15, -0.1) is 0 Å². The molecule has 1 fully saturated rings. The van der Waals surface area contributed by atoms with Crippen LogP contribution in [0.4, 0.5) is 4.39 Å². The Morgan fingerprint density at radius 1 is 1.04 bits per heavy atom. The lowest BCUT2D eigenvalue weighted by Crippen LogP contribution is -2.64. The van der Waals surface area contributed by atoms with Gasteiger partial charge in [0.15, 0.2) is 5.12 Å². The second-order valence-electron chi connectivity index (χ2n) is 6.34. The summed E-state index contributed by atoms with van der Waals surface area (Å²) in [6.45, 7) is 1.74. The molecule has 3 rings (SSSR count). The molecule has 6 nitrogen and oxygen atoms in total. The predicted octanol–water partition coefficient (Wildman–Crippen LogP) is 2.21. The van der Waals surface area contributed by atoms with E-state index < -0.39 is 16.8 Å². The smallest absolute Gasteiger partial charge is 0.256 e. The molecule has 1 unspecified atom stereocenters. The van der Waals surface area contributed by atoms with Crippen LogP contribution in [0.3, 0.4) is 0 Å². The maximum absolute atomic E-state index is 14.0. The molecular weight excluding hydrogens is 385 g/mol. The van der Waals surface area contributed by atoms with Crippen molar-refractivity contribution in [2.75, 3.05) is 32.8 Å². The highest BCUT2D eigenvalue weighted by atomic mass is 35.5. The minimum absolute atomic E-state index is 0.0670. The third-order valence-electron chi connectivity index (χ3n) is 4.46. The average Bonchev–Trinajstić information content (AvgIpc) is 2.73. The van der Waals surface area contributed by atoms with Gasteiger partial charge in [0.2, 0.25) is 0 Å². The van der Waals surface area contributed by atoms with Crippen LogP contribution in [0.1, 0.15) is 20.7 Å². The number of carbonyl (C=O) groups is 2. The minimum Gasteiger partial charge on any atom is -0.379 e. The van der Waals surface area contributed by atoms with Crippen molar-refractivity contribution in [1.82, 2.24) is 15.5 Å². The first-order valence-electron chi connectivity index (χ1n) is 8.91. The van der Waals surface area contributed by atoms with Gasteiger partial charge in [0.1, 0.15) is 5.82 Å². The molecule has 0 aliphatic carbocycles. The fourth-order valence-electron chi connectivity index (χ4n) is 2.93. The molecule has 2 aromatic rings. The second-order valence-corrected chi connectivity index (χ2v) is 6.97. The van der Waals surface area contributed by atoms with E-state index in [0.29, 0.717) is 31.9 Å². The molecule has 0 aromatic heterocycles. The minimum atomic E-state index is -1.42. The summed E-state index contributed by atoms with van der Waals surface area (Å²) in [5.74, 6) is -1.62. The maximum atomic E-state index is 14.0. The van der Waals surface area contributed by atoms with Crippen LogP contribution < -0.4 is 10.6 Å². The molecule has 8 heteroatoms. The number of hydrogen-bond donors (Lipinski definition) is 2. The Hall–Kier alpha value is -2.48. The Morgan fingerprint density at radius 3 is 2.36 bits per heavy atom. The zero-order valence-electron chi connectivity index (χ0n) is 15.2. The van der Waals surface area contributed by atoms with Gasteiger partial charge in [-0.3, -0.25) is 14.5 Å². The first kappa shape index (κ1) is 20.3. The van der Waals surface area contributed by atoms with Gasteiger partial charge in [-0.1, -0.05) is 41.9 Å². The topological polar surface area (TPSA) is 70.7 Å². The number of ether oxygens (including phenoxy) is 1. The second kappa shape index (κ2) is 9.14. The third kappa shape index (κ3) is 4.86. The molecule has 0 bridgehead atoms. The Bertz CT molecular complexity index is 830. The van der Waals surface area contributed by atoms with Crippen LogP contribution >= 0.6 is 11.6 Å². The molecule has 28 heavy (non-hydrogen) atoms. The summed E-state index contributed by atoms with van der Waals surface area (Å²) in [4.78, 5) is 26.8. The van der Waals surface area contributed by atoms with Crippen LogP contribution in [-0.2, 0) is 4.74 Å². The first-order chi connectivity index (χ1) is 13.5. The monoisotopic (exact) mass is 405 g/mol. The van der Waals surface area contributed by atoms with E-state index in [0.717, 1.165) is 0 Å². The highest BCUT2D eigenvalue weighted by molar-refractivity contribution is 6.25. The first-order valence-corrected chi connectivity index (χ1v) is 9.29. The van der Waals surface area contributed by atoms with E-state index >= 15 is 0 Å². The predicted molar refractivity (Wildman–Crippen MR) is 104 cm³/mol. The van der Waals surface area contributed by atoms with Gasteiger partial charge >= 0.3 is 0 Å². The quantitative estimate of drug-likeness (QED) is 0.571. The van der Waals surface area contributed by atoms with Crippen LogP contribution in [-0.4, -0.2) is 54.7 Å². The van der Waals surface area contributed by atoms with E-state index in [1.807, 2.05) is 6.07 Å². The standard InChI is InChI=1S/C20H21ClFN3O3/c21-20(25-10-12-28-13-11-25,14-23-18(26)15-6-2-1-3-7-15)24-19(27)16-8-4-5-9-17(16)22/h1-9H,10-14H2,(H,23,26)(H,24,27).